The fourth-order valence-corrected chi connectivity index (χ4v) is 2.76. The van der Waals surface area contributed by atoms with Gasteiger partial charge >= 0.3 is 0 Å². The van der Waals surface area contributed by atoms with E-state index in [0.717, 1.165) is 18.9 Å². The average molecular weight is 305 g/mol. The van der Waals surface area contributed by atoms with Crippen LogP contribution >= 0.6 is 0 Å². The van der Waals surface area contributed by atoms with Crippen molar-refractivity contribution in [3.63, 3.8) is 0 Å². The number of carbonyl (C=O) groups excluding carboxylic acids is 1. The fraction of sp³-hybridized carbons (Fsp3) is 0.611. The van der Waals surface area contributed by atoms with Crippen molar-refractivity contribution >= 4 is 5.78 Å². The van der Waals surface area contributed by atoms with Gasteiger partial charge in [-0.05, 0) is 63.4 Å². The molecule has 4 nitrogen and oxygen atoms in total. The minimum atomic E-state index is 0.0316. The van der Waals surface area contributed by atoms with Crippen molar-refractivity contribution < 1.29 is 14.3 Å². The van der Waals surface area contributed by atoms with Crippen molar-refractivity contribution in [1.82, 2.24) is 4.90 Å². The van der Waals surface area contributed by atoms with Gasteiger partial charge in [-0.15, -0.1) is 0 Å². The first kappa shape index (κ1) is 16.8. The highest BCUT2D eigenvalue weighted by atomic mass is 16.5. The van der Waals surface area contributed by atoms with Crippen LogP contribution in [0.1, 0.15) is 43.5 Å². The first-order chi connectivity index (χ1) is 10.6. The molecular formula is C18H27NO3. The molecule has 1 aromatic carbocycles. The van der Waals surface area contributed by atoms with Gasteiger partial charge < -0.3 is 14.4 Å². The molecule has 0 aromatic heterocycles. The van der Waals surface area contributed by atoms with Gasteiger partial charge in [0.05, 0.1) is 13.7 Å². The molecule has 122 valence electrons. The molecule has 1 heterocycles. The Labute approximate surface area is 133 Å². The number of hydrogen-bond acceptors (Lipinski definition) is 4. The van der Waals surface area contributed by atoms with Gasteiger partial charge in [0.15, 0.2) is 17.3 Å². The summed E-state index contributed by atoms with van der Waals surface area (Å²) >= 11 is 0. The molecule has 0 bridgehead atoms. The van der Waals surface area contributed by atoms with Crippen molar-refractivity contribution in [1.29, 1.82) is 0 Å². The van der Waals surface area contributed by atoms with Gasteiger partial charge in [-0.1, -0.05) is 6.92 Å². The molecule has 22 heavy (non-hydrogen) atoms. The smallest absolute Gasteiger partial charge is 0.161 e. The number of Topliss-reactive ketones (excluding diaryl/α,β-unsaturated/α-hetero) is 1. The average Bonchev–Trinajstić information content (AvgIpc) is 2.53. The fourth-order valence-electron chi connectivity index (χ4n) is 2.76. The molecule has 0 N–H and O–H groups in total. The number of carbonyl (C=O) groups is 1. The lowest BCUT2D eigenvalue weighted by Crippen LogP contribution is -2.34. The van der Waals surface area contributed by atoms with E-state index in [-0.39, 0.29) is 5.78 Å². The number of piperidine rings is 1. The van der Waals surface area contributed by atoms with Crippen LogP contribution in [0.2, 0.25) is 0 Å². The Hall–Kier alpha value is -1.55. The maximum atomic E-state index is 11.4. The Morgan fingerprint density at radius 2 is 2.00 bits per heavy atom. The zero-order valence-electron chi connectivity index (χ0n) is 13.9. The van der Waals surface area contributed by atoms with Gasteiger partial charge in [-0.2, -0.15) is 0 Å². The third-order valence-electron chi connectivity index (χ3n) is 4.32. The van der Waals surface area contributed by atoms with Crippen LogP contribution in [0, 0.1) is 5.92 Å². The van der Waals surface area contributed by atoms with E-state index in [1.165, 1.54) is 25.9 Å². The number of benzene rings is 1. The van der Waals surface area contributed by atoms with Crippen molar-refractivity contribution in [3.05, 3.63) is 23.8 Å². The predicted molar refractivity (Wildman–Crippen MR) is 87.9 cm³/mol. The standard InChI is InChI=1S/C18H27NO3/c1-14-7-10-19(11-8-14)9-4-12-22-17-6-5-16(15(2)20)13-18(17)21-3/h5-6,13-14H,4,7-12H2,1-3H3. The van der Waals surface area contributed by atoms with Crippen molar-refractivity contribution in [3.8, 4) is 11.5 Å². The molecule has 0 radical (unpaired) electrons. The van der Waals surface area contributed by atoms with Gasteiger partial charge in [0.2, 0.25) is 0 Å². The SMILES string of the molecule is COc1cc(C(C)=O)ccc1OCCCN1CCC(C)CC1. The number of methoxy groups -OCH3 is 1. The number of hydrogen-bond donors (Lipinski definition) is 0. The first-order valence-electron chi connectivity index (χ1n) is 8.14. The zero-order valence-corrected chi connectivity index (χ0v) is 13.9. The van der Waals surface area contributed by atoms with Crippen LogP contribution in [0.3, 0.4) is 0 Å². The molecule has 0 aliphatic carbocycles. The van der Waals surface area contributed by atoms with E-state index in [4.69, 9.17) is 9.47 Å². The van der Waals surface area contributed by atoms with E-state index in [2.05, 4.69) is 11.8 Å². The molecule has 0 saturated carbocycles. The second kappa shape index (κ2) is 8.18. The second-order valence-electron chi connectivity index (χ2n) is 6.15. The van der Waals surface area contributed by atoms with Crippen LogP contribution in [0.5, 0.6) is 11.5 Å². The van der Waals surface area contributed by atoms with E-state index < -0.39 is 0 Å². The highest BCUT2D eigenvalue weighted by molar-refractivity contribution is 5.94. The first-order valence-corrected chi connectivity index (χ1v) is 8.14. The maximum absolute atomic E-state index is 11.4. The minimum absolute atomic E-state index is 0.0316. The molecular weight excluding hydrogens is 278 g/mol. The van der Waals surface area contributed by atoms with Gasteiger partial charge in [-0.25, -0.2) is 0 Å². The molecule has 4 heteroatoms. The molecule has 0 atom stereocenters. The lowest BCUT2D eigenvalue weighted by atomic mass is 9.99. The number of ketones is 1. The van der Waals surface area contributed by atoms with Crippen LogP contribution in [-0.2, 0) is 0 Å². The Kier molecular flexibility index (Phi) is 6.25. The summed E-state index contributed by atoms with van der Waals surface area (Å²) < 4.78 is 11.1. The molecule has 1 fully saturated rings. The van der Waals surface area contributed by atoms with Gasteiger partial charge in [-0.3, -0.25) is 4.79 Å². The third kappa shape index (κ3) is 4.73. The van der Waals surface area contributed by atoms with E-state index in [9.17, 15) is 4.79 Å². The van der Waals surface area contributed by atoms with Crippen LogP contribution < -0.4 is 9.47 Å². The molecule has 2 rings (SSSR count). The van der Waals surface area contributed by atoms with E-state index in [1.807, 2.05) is 6.07 Å². The molecule has 1 aliphatic rings. The lowest BCUT2D eigenvalue weighted by Gasteiger charge is -2.30. The topological polar surface area (TPSA) is 38.8 Å². The van der Waals surface area contributed by atoms with Crippen LogP contribution in [0.4, 0.5) is 0 Å². The van der Waals surface area contributed by atoms with E-state index in [0.29, 0.717) is 23.7 Å². The Morgan fingerprint density at radius 1 is 1.27 bits per heavy atom. The maximum Gasteiger partial charge on any atom is 0.161 e. The Morgan fingerprint density at radius 3 is 2.64 bits per heavy atom. The summed E-state index contributed by atoms with van der Waals surface area (Å²) in [6.07, 6.45) is 3.62. The molecule has 1 aliphatic heterocycles. The van der Waals surface area contributed by atoms with E-state index >= 15 is 0 Å². The molecule has 1 saturated heterocycles. The molecule has 0 unspecified atom stereocenters. The zero-order chi connectivity index (χ0) is 15.9. The predicted octanol–water partition coefficient (Wildman–Crippen LogP) is 3.40. The highest BCUT2D eigenvalue weighted by Gasteiger charge is 2.15. The number of ether oxygens (including phenoxy) is 2. The van der Waals surface area contributed by atoms with Gasteiger partial charge in [0.1, 0.15) is 0 Å². The summed E-state index contributed by atoms with van der Waals surface area (Å²) in [5.41, 5.74) is 0.645. The number of nitrogens with zero attached hydrogens (tertiary/aromatic N) is 1. The third-order valence-corrected chi connectivity index (χ3v) is 4.32. The normalized spacial score (nSPS) is 16.5. The van der Waals surface area contributed by atoms with Gasteiger partial charge in [0.25, 0.3) is 0 Å². The Bertz CT molecular complexity index is 493. The highest BCUT2D eigenvalue weighted by Crippen LogP contribution is 2.28. The van der Waals surface area contributed by atoms with Crippen LogP contribution in [-0.4, -0.2) is 44.0 Å². The quantitative estimate of drug-likeness (QED) is 0.572. The van der Waals surface area contributed by atoms with Crippen LogP contribution in [0.25, 0.3) is 0 Å². The second-order valence-corrected chi connectivity index (χ2v) is 6.15. The van der Waals surface area contributed by atoms with E-state index in [1.54, 1.807) is 26.2 Å². The summed E-state index contributed by atoms with van der Waals surface area (Å²) in [7, 11) is 1.60. The van der Waals surface area contributed by atoms with Crippen molar-refractivity contribution in [2.45, 2.75) is 33.1 Å². The monoisotopic (exact) mass is 305 g/mol. The molecule has 1 aromatic rings. The largest absolute Gasteiger partial charge is 0.493 e. The summed E-state index contributed by atoms with van der Waals surface area (Å²) in [5.74, 6) is 2.24. The number of likely N-dealkylation sites (tertiary alicyclic amines) is 1. The lowest BCUT2D eigenvalue weighted by molar-refractivity contribution is 0.101. The van der Waals surface area contributed by atoms with Crippen molar-refractivity contribution in [2.24, 2.45) is 5.92 Å². The van der Waals surface area contributed by atoms with Crippen LogP contribution in [0.15, 0.2) is 18.2 Å². The minimum Gasteiger partial charge on any atom is -0.493 e. The summed E-state index contributed by atoms with van der Waals surface area (Å²) in [6, 6.07) is 5.34. The van der Waals surface area contributed by atoms with Gasteiger partial charge in [0, 0.05) is 12.1 Å². The number of rotatable bonds is 7. The molecule has 0 spiro atoms. The molecule has 0 amide bonds. The summed E-state index contributed by atoms with van der Waals surface area (Å²) in [6.45, 7) is 8.05. The van der Waals surface area contributed by atoms with Crippen molar-refractivity contribution in [2.75, 3.05) is 33.4 Å². The summed E-state index contributed by atoms with van der Waals surface area (Å²) in [5, 5.41) is 0. The summed E-state index contributed by atoms with van der Waals surface area (Å²) in [4.78, 5) is 13.9. The Balaban J connectivity index is 1.78.